The fraction of sp³-hybridized carbons (Fsp3) is 0.250. The van der Waals surface area contributed by atoms with Crippen LogP contribution in [0.1, 0.15) is 19.4 Å². The minimum atomic E-state index is -3.15. The van der Waals surface area contributed by atoms with Gasteiger partial charge in [0.05, 0.1) is 4.90 Å². The SMILES string of the molecule is CC(=O)/C=C(/C)c1ccc(S(C)(=O)=O)cc1. The van der Waals surface area contributed by atoms with Gasteiger partial charge in [-0.2, -0.15) is 0 Å². The summed E-state index contributed by atoms with van der Waals surface area (Å²) in [6.45, 7) is 3.30. The maximum absolute atomic E-state index is 11.2. The molecule has 0 spiro atoms. The molecule has 0 radical (unpaired) electrons. The van der Waals surface area contributed by atoms with E-state index in [0.717, 1.165) is 11.1 Å². The summed E-state index contributed by atoms with van der Waals surface area (Å²) in [6, 6.07) is 6.49. The molecule has 0 unspecified atom stereocenters. The van der Waals surface area contributed by atoms with Crippen LogP contribution in [0.4, 0.5) is 0 Å². The standard InChI is InChI=1S/C12H14O3S/c1-9(8-10(2)13)11-4-6-12(7-5-11)16(3,14)15/h4-8H,1-3H3/b9-8-. The fourth-order valence-corrected chi connectivity index (χ4v) is 1.98. The summed E-state index contributed by atoms with van der Waals surface area (Å²) in [5, 5.41) is 0. The molecule has 0 aliphatic carbocycles. The molecule has 0 N–H and O–H groups in total. The van der Waals surface area contributed by atoms with E-state index >= 15 is 0 Å². The van der Waals surface area contributed by atoms with E-state index < -0.39 is 9.84 Å². The molecule has 0 aliphatic heterocycles. The molecule has 1 rings (SSSR count). The molecule has 0 saturated heterocycles. The van der Waals surface area contributed by atoms with Gasteiger partial charge < -0.3 is 0 Å². The number of rotatable bonds is 3. The molecular formula is C12H14O3S. The van der Waals surface area contributed by atoms with Crippen molar-refractivity contribution in [2.75, 3.05) is 6.26 Å². The van der Waals surface area contributed by atoms with E-state index in [9.17, 15) is 13.2 Å². The molecule has 0 atom stereocenters. The van der Waals surface area contributed by atoms with Crippen LogP contribution in [0.25, 0.3) is 5.57 Å². The van der Waals surface area contributed by atoms with Crippen molar-refractivity contribution < 1.29 is 13.2 Å². The first kappa shape index (κ1) is 12.6. The van der Waals surface area contributed by atoms with Gasteiger partial charge in [0.1, 0.15) is 0 Å². The highest BCUT2D eigenvalue weighted by atomic mass is 32.2. The zero-order valence-electron chi connectivity index (χ0n) is 9.52. The number of carbonyl (C=O) groups excluding carboxylic acids is 1. The van der Waals surface area contributed by atoms with Gasteiger partial charge in [0.15, 0.2) is 15.6 Å². The summed E-state index contributed by atoms with van der Waals surface area (Å²) < 4.78 is 22.4. The van der Waals surface area contributed by atoms with E-state index in [2.05, 4.69) is 0 Å². The average Bonchev–Trinajstić information content (AvgIpc) is 2.15. The molecule has 16 heavy (non-hydrogen) atoms. The maximum Gasteiger partial charge on any atom is 0.175 e. The minimum absolute atomic E-state index is 0.0234. The largest absolute Gasteiger partial charge is 0.295 e. The van der Waals surface area contributed by atoms with Crippen molar-refractivity contribution in [3.8, 4) is 0 Å². The summed E-state index contributed by atoms with van der Waals surface area (Å²) >= 11 is 0. The van der Waals surface area contributed by atoms with E-state index in [1.165, 1.54) is 19.3 Å². The monoisotopic (exact) mass is 238 g/mol. The second-order valence-electron chi connectivity index (χ2n) is 3.73. The van der Waals surface area contributed by atoms with Crippen molar-refractivity contribution in [2.24, 2.45) is 0 Å². The van der Waals surface area contributed by atoms with Crippen LogP contribution in [0, 0.1) is 0 Å². The summed E-state index contributed by atoms with van der Waals surface area (Å²) in [6.07, 6.45) is 2.69. The topological polar surface area (TPSA) is 51.2 Å². The van der Waals surface area contributed by atoms with Crippen molar-refractivity contribution in [1.29, 1.82) is 0 Å². The number of allylic oxidation sites excluding steroid dienone is 2. The Hall–Kier alpha value is -1.42. The number of carbonyl (C=O) groups is 1. The molecule has 0 saturated carbocycles. The van der Waals surface area contributed by atoms with Crippen molar-refractivity contribution in [3.05, 3.63) is 35.9 Å². The lowest BCUT2D eigenvalue weighted by Crippen LogP contribution is -1.96. The molecular weight excluding hydrogens is 224 g/mol. The summed E-state index contributed by atoms with van der Waals surface area (Å²) in [4.78, 5) is 11.2. The number of ketones is 1. The van der Waals surface area contributed by atoms with E-state index in [1.807, 2.05) is 6.92 Å². The molecule has 1 aromatic rings. The lowest BCUT2D eigenvalue weighted by Gasteiger charge is -2.02. The Labute approximate surface area is 95.7 Å². The zero-order chi connectivity index (χ0) is 12.3. The zero-order valence-corrected chi connectivity index (χ0v) is 10.3. The lowest BCUT2D eigenvalue weighted by atomic mass is 10.1. The van der Waals surface area contributed by atoms with Crippen LogP contribution >= 0.6 is 0 Å². The first-order chi connectivity index (χ1) is 7.30. The molecule has 0 aliphatic rings. The molecule has 3 nitrogen and oxygen atoms in total. The van der Waals surface area contributed by atoms with Gasteiger partial charge in [0.2, 0.25) is 0 Å². The Morgan fingerprint density at radius 1 is 1.12 bits per heavy atom. The van der Waals surface area contributed by atoms with Gasteiger partial charge in [-0.1, -0.05) is 12.1 Å². The van der Waals surface area contributed by atoms with Crippen LogP contribution < -0.4 is 0 Å². The maximum atomic E-state index is 11.2. The smallest absolute Gasteiger partial charge is 0.175 e. The Balaban J connectivity index is 3.10. The Morgan fingerprint density at radius 3 is 2.00 bits per heavy atom. The van der Waals surface area contributed by atoms with Crippen molar-refractivity contribution in [2.45, 2.75) is 18.7 Å². The molecule has 4 heteroatoms. The third-order valence-corrected chi connectivity index (χ3v) is 3.29. The van der Waals surface area contributed by atoms with Gasteiger partial charge in [-0.25, -0.2) is 8.42 Å². The summed E-state index contributed by atoms with van der Waals surface area (Å²) in [5.74, 6) is -0.0234. The predicted molar refractivity (Wildman–Crippen MR) is 63.9 cm³/mol. The molecule has 0 amide bonds. The Morgan fingerprint density at radius 2 is 1.62 bits per heavy atom. The van der Waals surface area contributed by atoms with Gasteiger partial charge in [-0.15, -0.1) is 0 Å². The molecule has 0 aromatic heterocycles. The van der Waals surface area contributed by atoms with Crippen LogP contribution in [0.3, 0.4) is 0 Å². The Kier molecular flexibility index (Phi) is 3.65. The first-order valence-electron chi connectivity index (χ1n) is 4.80. The number of hydrogen-bond donors (Lipinski definition) is 0. The first-order valence-corrected chi connectivity index (χ1v) is 6.69. The van der Waals surface area contributed by atoms with Gasteiger partial charge >= 0.3 is 0 Å². The molecule has 0 fully saturated rings. The second-order valence-corrected chi connectivity index (χ2v) is 5.75. The van der Waals surface area contributed by atoms with Gasteiger partial charge in [0.25, 0.3) is 0 Å². The normalized spacial score (nSPS) is 12.6. The van der Waals surface area contributed by atoms with Crippen molar-refractivity contribution in [1.82, 2.24) is 0 Å². The number of hydrogen-bond acceptors (Lipinski definition) is 3. The van der Waals surface area contributed by atoms with Crippen LogP contribution in [0.15, 0.2) is 35.2 Å². The molecule has 1 aromatic carbocycles. The van der Waals surface area contributed by atoms with Crippen LogP contribution in [-0.4, -0.2) is 20.5 Å². The quantitative estimate of drug-likeness (QED) is 0.757. The molecule has 0 heterocycles. The van der Waals surface area contributed by atoms with Crippen molar-refractivity contribution >= 4 is 21.2 Å². The van der Waals surface area contributed by atoms with Crippen molar-refractivity contribution in [3.63, 3.8) is 0 Å². The lowest BCUT2D eigenvalue weighted by molar-refractivity contribution is -0.112. The van der Waals surface area contributed by atoms with Crippen LogP contribution in [-0.2, 0) is 14.6 Å². The number of benzene rings is 1. The van der Waals surface area contributed by atoms with E-state index in [4.69, 9.17) is 0 Å². The summed E-state index contributed by atoms with van der Waals surface area (Å²) in [7, 11) is -3.15. The van der Waals surface area contributed by atoms with Crippen LogP contribution in [0.2, 0.25) is 0 Å². The number of sulfone groups is 1. The van der Waals surface area contributed by atoms with Gasteiger partial charge in [0, 0.05) is 6.26 Å². The van der Waals surface area contributed by atoms with Crippen LogP contribution in [0.5, 0.6) is 0 Å². The fourth-order valence-electron chi connectivity index (χ4n) is 1.35. The molecule has 86 valence electrons. The highest BCUT2D eigenvalue weighted by Crippen LogP contribution is 2.16. The highest BCUT2D eigenvalue weighted by molar-refractivity contribution is 7.90. The Bertz CT molecular complexity index is 522. The van der Waals surface area contributed by atoms with E-state index in [-0.39, 0.29) is 10.7 Å². The highest BCUT2D eigenvalue weighted by Gasteiger charge is 2.06. The third-order valence-electron chi connectivity index (χ3n) is 2.16. The average molecular weight is 238 g/mol. The second kappa shape index (κ2) is 4.61. The van der Waals surface area contributed by atoms with Gasteiger partial charge in [-0.05, 0) is 43.2 Å². The summed E-state index contributed by atoms with van der Waals surface area (Å²) in [5.41, 5.74) is 1.68. The van der Waals surface area contributed by atoms with E-state index in [1.54, 1.807) is 24.3 Å². The predicted octanol–water partition coefficient (Wildman–Crippen LogP) is 2.08. The third kappa shape index (κ3) is 3.31. The van der Waals surface area contributed by atoms with Gasteiger partial charge in [-0.3, -0.25) is 4.79 Å². The minimum Gasteiger partial charge on any atom is -0.295 e. The van der Waals surface area contributed by atoms with E-state index in [0.29, 0.717) is 0 Å². The molecule has 0 bridgehead atoms.